The van der Waals surface area contributed by atoms with Crippen LogP contribution in [-0.4, -0.2) is 64.5 Å². The molecule has 3 aromatic heterocycles. The summed E-state index contributed by atoms with van der Waals surface area (Å²) in [6.45, 7) is 1.30. The quantitative estimate of drug-likeness (QED) is 0.579. The molecule has 9 nitrogen and oxygen atoms in total. The molecular weight excluding hydrogens is 411 g/mol. The number of nitrogens with zero attached hydrogens (tertiary/aromatic N) is 7. The van der Waals surface area contributed by atoms with Crippen molar-refractivity contribution in [1.82, 2.24) is 19.9 Å². The molecule has 0 spiro atoms. The molecule has 3 aromatic rings. The van der Waals surface area contributed by atoms with Crippen molar-refractivity contribution in [2.24, 2.45) is 0 Å². The Bertz CT molecular complexity index is 1130. The van der Waals surface area contributed by atoms with E-state index in [2.05, 4.69) is 31.3 Å². The van der Waals surface area contributed by atoms with Crippen molar-refractivity contribution in [2.75, 3.05) is 48.4 Å². The van der Waals surface area contributed by atoms with Gasteiger partial charge in [-0.2, -0.15) is 5.26 Å². The number of nitriles is 1. The summed E-state index contributed by atoms with van der Waals surface area (Å²) >= 11 is 0. The van der Waals surface area contributed by atoms with Crippen molar-refractivity contribution >= 4 is 23.3 Å². The number of hydrogen-bond donors (Lipinski definition) is 2. The zero-order chi connectivity index (χ0) is 22.5. The van der Waals surface area contributed by atoms with Crippen molar-refractivity contribution in [2.45, 2.75) is 12.6 Å². The van der Waals surface area contributed by atoms with E-state index in [-0.39, 0.29) is 13.2 Å². The number of aliphatic hydroxyl groups is 1. The van der Waals surface area contributed by atoms with Crippen LogP contribution in [0.2, 0.25) is 0 Å². The lowest BCUT2D eigenvalue weighted by molar-refractivity contribution is 0.304. The molecule has 0 aliphatic carbocycles. The van der Waals surface area contributed by atoms with Crippen LogP contribution in [0.5, 0.6) is 0 Å². The maximum absolute atomic E-state index is 13.6. The van der Waals surface area contributed by atoms with Crippen molar-refractivity contribution in [3.63, 3.8) is 0 Å². The Morgan fingerprint density at radius 3 is 2.88 bits per heavy atom. The number of pyridine rings is 2. The third kappa shape index (κ3) is 4.73. The fourth-order valence-corrected chi connectivity index (χ4v) is 3.52. The van der Waals surface area contributed by atoms with Gasteiger partial charge in [-0.15, -0.1) is 0 Å². The largest absolute Gasteiger partial charge is 0.395 e. The molecule has 1 atom stereocenters. The number of halogens is 1. The molecule has 1 unspecified atom stereocenters. The maximum Gasteiger partial charge on any atom is 0.227 e. The van der Waals surface area contributed by atoms with E-state index in [4.69, 9.17) is 5.11 Å². The van der Waals surface area contributed by atoms with E-state index in [0.29, 0.717) is 53.9 Å². The topological polar surface area (TPSA) is 114 Å². The Labute approximate surface area is 185 Å². The second kappa shape index (κ2) is 9.53. The SMILES string of the molecule is CN(CCO)c1cc(Nc2nccc(-c3cnc(N4CCC(F)C4)c(C#N)c3)n2)ccn1. The average molecular weight is 434 g/mol. The van der Waals surface area contributed by atoms with E-state index in [1.54, 1.807) is 41.7 Å². The number of rotatable bonds is 7. The first-order chi connectivity index (χ1) is 15.6. The van der Waals surface area contributed by atoms with Crippen molar-refractivity contribution in [3.05, 3.63) is 48.4 Å². The molecule has 0 radical (unpaired) electrons. The van der Waals surface area contributed by atoms with Crippen LogP contribution in [0.25, 0.3) is 11.3 Å². The minimum Gasteiger partial charge on any atom is -0.395 e. The summed E-state index contributed by atoms with van der Waals surface area (Å²) in [5, 5.41) is 21.9. The van der Waals surface area contributed by atoms with Crippen molar-refractivity contribution in [3.8, 4) is 17.3 Å². The number of likely N-dealkylation sites (N-methyl/N-ethyl adjacent to an activating group) is 1. The van der Waals surface area contributed by atoms with Crippen LogP contribution in [0.3, 0.4) is 0 Å². The molecule has 0 aromatic carbocycles. The highest BCUT2D eigenvalue weighted by molar-refractivity contribution is 5.67. The Balaban J connectivity index is 1.56. The van der Waals surface area contributed by atoms with Crippen LogP contribution in [-0.2, 0) is 0 Å². The Morgan fingerprint density at radius 1 is 1.28 bits per heavy atom. The van der Waals surface area contributed by atoms with Crippen LogP contribution in [0.4, 0.5) is 27.7 Å². The zero-order valence-corrected chi connectivity index (χ0v) is 17.6. The highest BCUT2D eigenvalue weighted by Gasteiger charge is 2.25. The molecular formula is C22H23FN8O. The smallest absolute Gasteiger partial charge is 0.227 e. The van der Waals surface area contributed by atoms with Gasteiger partial charge in [-0.3, -0.25) is 0 Å². The van der Waals surface area contributed by atoms with E-state index >= 15 is 0 Å². The van der Waals surface area contributed by atoms with E-state index < -0.39 is 6.17 Å². The van der Waals surface area contributed by atoms with E-state index in [0.717, 1.165) is 5.69 Å². The molecule has 1 saturated heterocycles. The molecule has 4 rings (SSSR count). The van der Waals surface area contributed by atoms with Gasteiger partial charge >= 0.3 is 0 Å². The second-order valence-corrected chi connectivity index (χ2v) is 7.48. The summed E-state index contributed by atoms with van der Waals surface area (Å²) in [6, 6.07) is 9.25. The number of alkyl halides is 1. The molecule has 0 amide bonds. The average Bonchev–Trinajstić information content (AvgIpc) is 3.25. The Hall–Kier alpha value is -3.84. The third-order valence-corrected chi connectivity index (χ3v) is 5.20. The standard InChI is InChI=1S/C22H23FN8O/c1-30(8-9-32)20-11-18(2-5-25-20)28-22-26-6-3-19(29-22)16-10-15(12-24)21(27-13-16)31-7-4-17(23)14-31/h2-3,5-6,10-11,13,17,32H,4,7-9,14H2,1H3,(H,25,26,28,29). The minimum atomic E-state index is -0.893. The Kier molecular flexibility index (Phi) is 6.37. The predicted molar refractivity (Wildman–Crippen MR) is 120 cm³/mol. The first kappa shape index (κ1) is 21.4. The maximum atomic E-state index is 13.6. The van der Waals surface area contributed by atoms with Crippen LogP contribution >= 0.6 is 0 Å². The lowest BCUT2D eigenvalue weighted by Crippen LogP contribution is -2.22. The number of aliphatic hydroxyl groups excluding tert-OH is 1. The van der Waals surface area contributed by atoms with Gasteiger partial charge in [-0.05, 0) is 24.6 Å². The van der Waals surface area contributed by atoms with Gasteiger partial charge < -0.3 is 20.2 Å². The van der Waals surface area contributed by atoms with Gasteiger partial charge in [0.2, 0.25) is 5.95 Å². The summed E-state index contributed by atoms with van der Waals surface area (Å²) in [6.07, 6.45) is 4.48. The third-order valence-electron chi connectivity index (χ3n) is 5.20. The van der Waals surface area contributed by atoms with Gasteiger partial charge in [0.25, 0.3) is 0 Å². The second-order valence-electron chi connectivity index (χ2n) is 7.48. The monoisotopic (exact) mass is 434 g/mol. The molecule has 10 heteroatoms. The molecule has 164 valence electrons. The number of nitrogens with one attached hydrogen (secondary N) is 1. The fraction of sp³-hybridized carbons (Fsp3) is 0.318. The first-order valence-electron chi connectivity index (χ1n) is 10.2. The highest BCUT2D eigenvalue weighted by atomic mass is 19.1. The summed E-state index contributed by atoms with van der Waals surface area (Å²) < 4.78 is 13.6. The lowest BCUT2D eigenvalue weighted by atomic mass is 10.1. The van der Waals surface area contributed by atoms with Gasteiger partial charge in [0, 0.05) is 56.0 Å². The predicted octanol–water partition coefficient (Wildman–Crippen LogP) is 2.53. The fourth-order valence-electron chi connectivity index (χ4n) is 3.52. The van der Waals surface area contributed by atoms with Crippen LogP contribution < -0.4 is 15.1 Å². The van der Waals surface area contributed by atoms with Crippen molar-refractivity contribution in [1.29, 1.82) is 5.26 Å². The molecule has 2 N–H and O–H groups in total. The molecule has 1 aliphatic heterocycles. The van der Waals surface area contributed by atoms with E-state index in [9.17, 15) is 9.65 Å². The van der Waals surface area contributed by atoms with Crippen molar-refractivity contribution < 1.29 is 9.50 Å². The number of anilines is 4. The molecule has 32 heavy (non-hydrogen) atoms. The Morgan fingerprint density at radius 2 is 2.12 bits per heavy atom. The normalized spacial score (nSPS) is 15.4. The lowest BCUT2D eigenvalue weighted by Gasteiger charge is -2.18. The van der Waals surface area contributed by atoms with Gasteiger partial charge in [-0.1, -0.05) is 0 Å². The van der Waals surface area contributed by atoms with Gasteiger partial charge in [-0.25, -0.2) is 24.3 Å². The summed E-state index contributed by atoms with van der Waals surface area (Å²) in [5.41, 5.74) is 2.41. The van der Waals surface area contributed by atoms with Gasteiger partial charge in [0.15, 0.2) is 0 Å². The van der Waals surface area contributed by atoms with Crippen LogP contribution in [0.15, 0.2) is 42.9 Å². The first-order valence-corrected chi connectivity index (χ1v) is 10.2. The zero-order valence-electron chi connectivity index (χ0n) is 17.6. The van der Waals surface area contributed by atoms with Gasteiger partial charge in [0.1, 0.15) is 23.9 Å². The minimum absolute atomic E-state index is 0.0324. The molecule has 4 heterocycles. The van der Waals surface area contributed by atoms with E-state index in [1.807, 2.05) is 18.0 Å². The molecule has 1 aliphatic rings. The summed E-state index contributed by atoms with van der Waals surface area (Å²) in [4.78, 5) is 21.2. The summed E-state index contributed by atoms with van der Waals surface area (Å²) in [5.74, 6) is 1.59. The number of hydrogen-bond acceptors (Lipinski definition) is 9. The van der Waals surface area contributed by atoms with Crippen LogP contribution in [0.1, 0.15) is 12.0 Å². The van der Waals surface area contributed by atoms with Crippen LogP contribution in [0, 0.1) is 11.3 Å². The van der Waals surface area contributed by atoms with E-state index in [1.165, 1.54) is 0 Å². The summed E-state index contributed by atoms with van der Waals surface area (Å²) in [7, 11) is 1.85. The number of aromatic nitrogens is 4. The highest BCUT2D eigenvalue weighted by Crippen LogP contribution is 2.27. The molecule has 1 fully saturated rings. The molecule has 0 bridgehead atoms. The van der Waals surface area contributed by atoms with Gasteiger partial charge in [0.05, 0.1) is 24.4 Å². The molecule has 0 saturated carbocycles.